The second-order valence-electron chi connectivity index (χ2n) is 7.84. The van der Waals surface area contributed by atoms with Crippen LogP contribution in [0.1, 0.15) is 48.5 Å². The van der Waals surface area contributed by atoms with E-state index in [1.165, 1.54) is 36.8 Å². The average Bonchev–Trinajstić information content (AvgIpc) is 3.51. The van der Waals surface area contributed by atoms with E-state index in [0.29, 0.717) is 19.1 Å². The number of benzene rings is 1. The highest BCUT2D eigenvalue weighted by molar-refractivity contribution is 5.80. The van der Waals surface area contributed by atoms with Crippen LogP contribution in [0.25, 0.3) is 0 Å². The van der Waals surface area contributed by atoms with E-state index >= 15 is 0 Å². The largest absolute Gasteiger partial charge is 0.354 e. The third-order valence-corrected chi connectivity index (χ3v) is 5.71. The van der Waals surface area contributed by atoms with E-state index in [0.717, 1.165) is 24.2 Å². The van der Waals surface area contributed by atoms with E-state index in [9.17, 15) is 0 Å². The maximum atomic E-state index is 4.91. The van der Waals surface area contributed by atoms with Gasteiger partial charge in [-0.3, -0.25) is 4.68 Å². The molecule has 0 atom stereocenters. The summed E-state index contributed by atoms with van der Waals surface area (Å²) in [6.45, 7) is 3.90. The number of guanidine groups is 1. The second-order valence-corrected chi connectivity index (χ2v) is 7.84. The van der Waals surface area contributed by atoms with Gasteiger partial charge in [0.1, 0.15) is 5.82 Å². The molecule has 3 aromatic rings. The molecule has 2 aromatic heterocycles. The van der Waals surface area contributed by atoms with Crippen LogP contribution >= 0.6 is 0 Å². The summed E-state index contributed by atoms with van der Waals surface area (Å²) < 4.78 is 3.94. The highest BCUT2D eigenvalue weighted by atomic mass is 15.3. The van der Waals surface area contributed by atoms with Gasteiger partial charge in [0, 0.05) is 25.5 Å². The summed E-state index contributed by atoms with van der Waals surface area (Å²) in [4.78, 5) is 4.91. The molecule has 0 aliphatic heterocycles. The van der Waals surface area contributed by atoms with E-state index in [1.807, 2.05) is 41.7 Å². The van der Waals surface area contributed by atoms with Crippen molar-refractivity contribution in [2.75, 3.05) is 0 Å². The summed E-state index contributed by atoms with van der Waals surface area (Å²) in [6, 6.07) is 10.9. The van der Waals surface area contributed by atoms with Crippen LogP contribution in [-0.4, -0.2) is 36.5 Å². The van der Waals surface area contributed by atoms with Gasteiger partial charge >= 0.3 is 0 Å². The predicted octanol–water partition coefficient (Wildman–Crippen LogP) is 2.55. The molecule has 1 saturated carbocycles. The fraction of sp³-hybridized carbons (Fsp3) is 0.455. The van der Waals surface area contributed by atoms with Gasteiger partial charge in [-0.05, 0) is 37.0 Å². The van der Waals surface area contributed by atoms with Crippen LogP contribution in [-0.2, 0) is 26.7 Å². The molecule has 1 fully saturated rings. The van der Waals surface area contributed by atoms with Gasteiger partial charge in [-0.1, -0.05) is 37.1 Å². The van der Waals surface area contributed by atoms with Crippen LogP contribution in [0.15, 0.2) is 47.7 Å². The number of rotatable bonds is 7. The predicted molar refractivity (Wildman–Crippen MR) is 117 cm³/mol. The molecule has 0 spiro atoms. The monoisotopic (exact) mass is 406 g/mol. The molecule has 158 valence electrons. The standard InChI is InChI=1S/C22H30N8/c1-17-27-28-21(29(17)2)15-24-22(26-20-10-5-6-11-20)23-14-18-8-3-4-9-19(18)16-30-13-7-12-25-30/h3-4,7-9,12-13,20H,5-6,10-11,14-16H2,1-2H3,(H2,23,24,26). The van der Waals surface area contributed by atoms with Gasteiger partial charge in [0.15, 0.2) is 11.8 Å². The molecular weight excluding hydrogens is 376 g/mol. The molecule has 0 amide bonds. The van der Waals surface area contributed by atoms with Gasteiger partial charge in [0.05, 0.1) is 19.6 Å². The SMILES string of the molecule is Cc1nnc(CNC(=NCc2ccccc2Cn2cccn2)NC2CCCC2)n1C. The Kier molecular flexibility index (Phi) is 6.41. The molecule has 8 nitrogen and oxygen atoms in total. The first-order valence-corrected chi connectivity index (χ1v) is 10.6. The van der Waals surface area contributed by atoms with Crippen molar-refractivity contribution in [3.63, 3.8) is 0 Å². The lowest BCUT2D eigenvalue weighted by Gasteiger charge is -2.17. The molecule has 1 aliphatic carbocycles. The van der Waals surface area contributed by atoms with E-state index in [4.69, 9.17) is 4.99 Å². The maximum Gasteiger partial charge on any atom is 0.192 e. The molecule has 1 aromatic carbocycles. The van der Waals surface area contributed by atoms with Gasteiger partial charge in [-0.15, -0.1) is 10.2 Å². The number of nitrogens with one attached hydrogen (secondary N) is 2. The lowest BCUT2D eigenvalue weighted by atomic mass is 10.1. The van der Waals surface area contributed by atoms with Gasteiger partial charge < -0.3 is 15.2 Å². The van der Waals surface area contributed by atoms with Crippen LogP contribution < -0.4 is 10.6 Å². The van der Waals surface area contributed by atoms with Crippen LogP contribution in [0.5, 0.6) is 0 Å². The third kappa shape index (κ3) is 5.06. The van der Waals surface area contributed by atoms with E-state index in [-0.39, 0.29) is 0 Å². The minimum absolute atomic E-state index is 0.483. The molecular formula is C22H30N8. The Balaban J connectivity index is 1.48. The Bertz CT molecular complexity index is 967. The first-order chi connectivity index (χ1) is 14.7. The molecule has 30 heavy (non-hydrogen) atoms. The Labute approximate surface area is 177 Å². The van der Waals surface area contributed by atoms with Crippen molar-refractivity contribution >= 4 is 5.96 Å². The molecule has 8 heteroatoms. The molecule has 4 rings (SSSR count). The smallest absolute Gasteiger partial charge is 0.192 e. The fourth-order valence-electron chi connectivity index (χ4n) is 3.78. The van der Waals surface area contributed by atoms with Crippen molar-refractivity contribution in [2.45, 2.75) is 58.3 Å². The van der Waals surface area contributed by atoms with Crippen molar-refractivity contribution in [1.82, 2.24) is 35.2 Å². The maximum absolute atomic E-state index is 4.91. The fourth-order valence-corrected chi connectivity index (χ4v) is 3.78. The lowest BCUT2D eigenvalue weighted by molar-refractivity contribution is 0.606. The van der Waals surface area contributed by atoms with Crippen LogP contribution in [0.2, 0.25) is 0 Å². The summed E-state index contributed by atoms with van der Waals surface area (Å²) in [5.74, 6) is 2.63. The molecule has 0 radical (unpaired) electrons. The topological polar surface area (TPSA) is 85.0 Å². The minimum Gasteiger partial charge on any atom is -0.354 e. The zero-order valence-electron chi connectivity index (χ0n) is 17.8. The van der Waals surface area contributed by atoms with Crippen LogP contribution in [0, 0.1) is 6.92 Å². The number of hydrogen-bond acceptors (Lipinski definition) is 4. The Morgan fingerprint density at radius 2 is 1.93 bits per heavy atom. The quantitative estimate of drug-likeness (QED) is 0.465. The number of aromatic nitrogens is 5. The number of aryl methyl sites for hydroxylation is 1. The lowest BCUT2D eigenvalue weighted by Crippen LogP contribution is -2.42. The van der Waals surface area contributed by atoms with Gasteiger partial charge in [-0.2, -0.15) is 5.10 Å². The number of hydrogen-bond donors (Lipinski definition) is 2. The summed E-state index contributed by atoms with van der Waals surface area (Å²) >= 11 is 0. The third-order valence-electron chi connectivity index (χ3n) is 5.71. The van der Waals surface area contributed by atoms with Crippen molar-refractivity contribution in [3.05, 3.63) is 65.5 Å². The Morgan fingerprint density at radius 1 is 1.13 bits per heavy atom. The summed E-state index contributed by atoms with van der Waals surface area (Å²) in [7, 11) is 1.99. The molecule has 0 unspecified atom stereocenters. The van der Waals surface area contributed by atoms with Crippen molar-refractivity contribution in [2.24, 2.45) is 12.0 Å². The molecule has 1 aliphatic rings. The second kappa shape index (κ2) is 9.56. The van der Waals surface area contributed by atoms with Crippen LogP contribution in [0.4, 0.5) is 0 Å². The van der Waals surface area contributed by atoms with Gasteiger partial charge in [0.25, 0.3) is 0 Å². The minimum atomic E-state index is 0.483. The molecule has 0 saturated heterocycles. The highest BCUT2D eigenvalue weighted by Gasteiger charge is 2.17. The number of aliphatic imine (C=N–C) groups is 1. The average molecular weight is 407 g/mol. The van der Waals surface area contributed by atoms with Gasteiger partial charge in [-0.25, -0.2) is 4.99 Å². The van der Waals surface area contributed by atoms with E-state index in [1.54, 1.807) is 0 Å². The first kappa shape index (κ1) is 20.1. The summed E-state index contributed by atoms with van der Waals surface area (Å²) in [5, 5.41) is 19.8. The van der Waals surface area contributed by atoms with Crippen molar-refractivity contribution in [1.29, 1.82) is 0 Å². The Morgan fingerprint density at radius 3 is 2.63 bits per heavy atom. The van der Waals surface area contributed by atoms with Gasteiger partial charge in [0.2, 0.25) is 0 Å². The van der Waals surface area contributed by atoms with Crippen molar-refractivity contribution in [3.8, 4) is 0 Å². The normalized spacial score (nSPS) is 14.9. The van der Waals surface area contributed by atoms with Crippen LogP contribution in [0.3, 0.4) is 0 Å². The zero-order valence-corrected chi connectivity index (χ0v) is 17.8. The molecule has 2 N–H and O–H groups in total. The zero-order chi connectivity index (χ0) is 20.8. The molecule has 0 bridgehead atoms. The summed E-state index contributed by atoms with van der Waals surface area (Å²) in [6.07, 6.45) is 8.74. The van der Waals surface area contributed by atoms with E-state index < -0.39 is 0 Å². The summed E-state index contributed by atoms with van der Waals surface area (Å²) in [5.41, 5.74) is 2.43. The van der Waals surface area contributed by atoms with E-state index in [2.05, 4.69) is 50.2 Å². The Hall–Kier alpha value is -3.16. The number of nitrogens with zero attached hydrogens (tertiary/aromatic N) is 6. The first-order valence-electron chi connectivity index (χ1n) is 10.6. The molecule has 2 heterocycles. The van der Waals surface area contributed by atoms with Crippen molar-refractivity contribution < 1.29 is 0 Å². The highest BCUT2D eigenvalue weighted by Crippen LogP contribution is 2.18.